The smallest absolute Gasteiger partial charge is 0.227 e. The summed E-state index contributed by atoms with van der Waals surface area (Å²) in [6.07, 6.45) is 1.39. The average Bonchev–Trinajstić information content (AvgIpc) is 2.41. The third-order valence-corrected chi connectivity index (χ3v) is 3.72. The Morgan fingerprint density at radius 1 is 1.30 bits per heavy atom. The summed E-state index contributed by atoms with van der Waals surface area (Å²) in [6, 6.07) is 2.16. The van der Waals surface area contributed by atoms with Gasteiger partial charge in [0.1, 0.15) is 0 Å². The molecule has 0 aromatic heterocycles. The van der Waals surface area contributed by atoms with Crippen LogP contribution in [0.25, 0.3) is 0 Å². The van der Waals surface area contributed by atoms with E-state index in [2.05, 4.69) is 31.7 Å². The largest absolute Gasteiger partial charge is 0.340 e. The van der Waals surface area contributed by atoms with Gasteiger partial charge < -0.3 is 10.6 Å². The standard InChI is InChI=1S/C15H28N4O/c1-15(2,3)11-13(12-17)14(20)19-9-7-18(8-10-19)6-4-5-16/h13H,4,6-12,17H2,1-3H3. The van der Waals surface area contributed by atoms with Crippen molar-refractivity contribution in [3.63, 3.8) is 0 Å². The monoisotopic (exact) mass is 280 g/mol. The zero-order chi connectivity index (χ0) is 15.2. The molecular formula is C15H28N4O. The van der Waals surface area contributed by atoms with E-state index in [0.717, 1.165) is 39.1 Å². The van der Waals surface area contributed by atoms with Gasteiger partial charge in [-0.1, -0.05) is 20.8 Å². The Bertz CT molecular complexity index is 348. The Balaban J connectivity index is 2.47. The van der Waals surface area contributed by atoms with Crippen molar-refractivity contribution >= 4 is 5.91 Å². The lowest BCUT2D eigenvalue weighted by Crippen LogP contribution is -2.51. The molecular weight excluding hydrogens is 252 g/mol. The number of hydrogen-bond donors (Lipinski definition) is 1. The Kier molecular flexibility index (Phi) is 6.44. The maximum atomic E-state index is 12.5. The highest BCUT2D eigenvalue weighted by Crippen LogP contribution is 2.25. The molecule has 1 aliphatic rings. The maximum Gasteiger partial charge on any atom is 0.227 e. The fourth-order valence-corrected chi connectivity index (χ4v) is 2.67. The van der Waals surface area contributed by atoms with Crippen LogP contribution in [0.4, 0.5) is 0 Å². The molecule has 5 heteroatoms. The SMILES string of the molecule is CC(C)(C)CC(CN)C(=O)N1CCN(CCC#N)CC1. The van der Waals surface area contributed by atoms with Gasteiger partial charge >= 0.3 is 0 Å². The fraction of sp³-hybridized carbons (Fsp3) is 0.867. The molecule has 0 spiro atoms. The molecule has 0 radical (unpaired) electrons. The van der Waals surface area contributed by atoms with Crippen molar-refractivity contribution in [1.29, 1.82) is 5.26 Å². The maximum absolute atomic E-state index is 12.5. The number of hydrogen-bond acceptors (Lipinski definition) is 4. The van der Waals surface area contributed by atoms with E-state index in [0.29, 0.717) is 13.0 Å². The topological polar surface area (TPSA) is 73.4 Å². The number of nitriles is 1. The molecule has 1 atom stereocenters. The lowest BCUT2D eigenvalue weighted by Gasteiger charge is -2.37. The van der Waals surface area contributed by atoms with Crippen molar-refractivity contribution in [3.8, 4) is 6.07 Å². The Morgan fingerprint density at radius 2 is 1.90 bits per heavy atom. The minimum absolute atomic E-state index is 0.0688. The highest BCUT2D eigenvalue weighted by Gasteiger charge is 2.29. The van der Waals surface area contributed by atoms with Gasteiger partial charge in [-0.25, -0.2) is 0 Å². The molecule has 1 unspecified atom stereocenters. The lowest BCUT2D eigenvalue weighted by atomic mass is 9.84. The molecule has 0 aromatic carbocycles. The molecule has 0 bridgehead atoms. The number of nitrogens with zero attached hydrogens (tertiary/aromatic N) is 3. The third-order valence-electron chi connectivity index (χ3n) is 3.72. The molecule has 5 nitrogen and oxygen atoms in total. The summed E-state index contributed by atoms with van der Waals surface area (Å²) in [6.45, 7) is 10.9. The molecule has 20 heavy (non-hydrogen) atoms. The quantitative estimate of drug-likeness (QED) is 0.817. The number of nitrogens with two attached hydrogens (primary N) is 1. The first-order valence-electron chi connectivity index (χ1n) is 7.45. The predicted molar refractivity (Wildman–Crippen MR) is 79.9 cm³/mol. The molecule has 1 saturated heterocycles. The molecule has 1 heterocycles. The zero-order valence-corrected chi connectivity index (χ0v) is 13.1. The summed E-state index contributed by atoms with van der Waals surface area (Å²) < 4.78 is 0. The number of carbonyl (C=O) groups excluding carboxylic acids is 1. The number of rotatable bonds is 5. The van der Waals surface area contributed by atoms with Gasteiger partial charge in [-0.2, -0.15) is 5.26 Å². The van der Waals surface area contributed by atoms with Crippen molar-refractivity contribution in [3.05, 3.63) is 0 Å². The molecule has 1 amide bonds. The van der Waals surface area contributed by atoms with E-state index < -0.39 is 0 Å². The molecule has 0 saturated carbocycles. The van der Waals surface area contributed by atoms with Crippen LogP contribution < -0.4 is 5.73 Å². The second kappa shape index (κ2) is 7.61. The van der Waals surface area contributed by atoms with Gasteiger partial charge in [-0.05, 0) is 11.8 Å². The second-order valence-corrected chi connectivity index (χ2v) is 6.77. The molecule has 1 rings (SSSR count). The summed E-state index contributed by atoms with van der Waals surface area (Å²) in [5.41, 5.74) is 5.91. The van der Waals surface area contributed by atoms with Gasteiger partial charge in [-0.15, -0.1) is 0 Å². The Hall–Kier alpha value is -1.12. The van der Waals surface area contributed by atoms with E-state index in [-0.39, 0.29) is 17.2 Å². The molecule has 1 aliphatic heterocycles. The van der Waals surface area contributed by atoms with Gasteiger partial charge in [0.15, 0.2) is 0 Å². The fourth-order valence-electron chi connectivity index (χ4n) is 2.67. The molecule has 114 valence electrons. The highest BCUT2D eigenvalue weighted by molar-refractivity contribution is 5.79. The predicted octanol–water partition coefficient (Wildman–Crippen LogP) is 1.06. The minimum atomic E-state index is -0.0688. The molecule has 2 N–H and O–H groups in total. The number of piperazine rings is 1. The first-order chi connectivity index (χ1) is 9.37. The third kappa shape index (κ3) is 5.48. The van der Waals surface area contributed by atoms with E-state index in [1.54, 1.807) is 0 Å². The van der Waals surface area contributed by atoms with Crippen LogP contribution in [0.1, 0.15) is 33.6 Å². The van der Waals surface area contributed by atoms with Gasteiger partial charge in [-0.3, -0.25) is 9.69 Å². The second-order valence-electron chi connectivity index (χ2n) is 6.77. The average molecular weight is 280 g/mol. The Morgan fingerprint density at radius 3 is 2.35 bits per heavy atom. The van der Waals surface area contributed by atoms with E-state index >= 15 is 0 Å². The number of carbonyl (C=O) groups is 1. The molecule has 1 fully saturated rings. The van der Waals surface area contributed by atoms with E-state index in [1.165, 1.54) is 0 Å². The summed E-state index contributed by atoms with van der Waals surface area (Å²) in [5, 5.41) is 8.59. The van der Waals surface area contributed by atoms with E-state index in [1.807, 2.05) is 4.90 Å². The first kappa shape index (κ1) is 16.9. The van der Waals surface area contributed by atoms with E-state index in [9.17, 15) is 4.79 Å². The molecule has 0 aliphatic carbocycles. The summed E-state index contributed by atoms with van der Waals surface area (Å²) in [4.78, 5) is 16.7. The first-order valence-corrected chi connectivity index (χ1v) is 7.45. The van der Waals surface area contributed by atoms with Gasteiger partial charge in [0, 0.05) is 45.7 Å². The summed E-state index contributed by atoms with van der Waals surface area (Å²) in [5.74, 6) is 0.128. The van der Waals surface area contributed by atoms with Gasteiger partial charge in [0.05, 0.1) is 12.0 Å². The van der Waals surface area contributed by atoms with Crippen LogP contribution in [0.3, 0.4) is 0 Å². The van der Waals surface area contributed by atoms with Crippen LogP contribution in [0, 0.1) is 22.7 Å². The van der Waals surface area contributed by atoms with Gasteiger partial charge in [0.2, 0.25) is 5.91 Å². The van der Waals surface area contributed by atoms with Crippen LogP contribution in [0.2, 0.25) is 0 Å². The van der Waals surface area contributed by atoms with Crippen LogP contribution in [0.5, 0.6) is 0 Å². The lowest BCUT2D eigenvalue weighted by molar-refractivity contribution is -0.138. The minimum Gasteiger partial charge on any atom is -0.340 e. The Labute approximate surface area is 122 Å². The van der Waals surface area contributed by atoms with Crippen LogP contribution in [-0.4, -0.2) is 55.0 Å². The van der Waals surface area contributed by atoms with Crippen molar-refractivity contribution in [1.82, 2.24) is 9.80 Å². The highest BCUT2D eigenvalue weighted by atomic mass is 16.2. The van der Waals surface area contributed by atoms with Crippen molar-refractivity contribution < 1.29 is 4.79 Å². The zero-order valence-electron chi connectivity index (χ0n) is 13.1. The van der Waals surface area contributed by atoms with Gasteiger partial charge in [0.25, 0.3) is 0 Å². The summed E-state index contributed by atoms with van der Waals surface area (Å²) in [7, 11) is 0. The normalized spacial score (nSPS) is 18.6. The van der Waals surface area contributed by atoms with E-state index in [4.69, 9.17) is 11.0 Å². The van der Waals surface area contributed by atoms with Crippen molar-refractivity contribution in [2.75, 3.05) is 39.3 Å². The number of amides is 1. The van der Waals surface area contributed by atoms with Crippen molar-refractivity contribution in [2.45, 2.75) is 33.6 Å². The summed E-state index contributed by atoms with van der Waals surface area (Å²) >= 11 is 0. The van der Waals surface area contributed by atoms with Crippen LogP contribution in [0.15, 0.2) is 0 Å². The molecule has 0 aromatic rings. The van der Waals surface area contributed by atoms with Crippen LogP contribution >= 0.6 is 0 Å². The van der Waals surface area contributed by atoms with Crippen molar-refractivity contribution in [2.24, 2.45) is 17.1 Å². The van der Waals surface area contributed by atoms with Crippen LogP contribution in [-0.2, 0) is 4.79 Å².